The highest BCUT2D eigenvalue weighted by Crippen LogP contribution is 2.44. The zero-order chi connectivity index (χ0) is 23.3. The molecule has 7 heteroatoms. The lowest BCUT2D eigenvalue weighted by Gasteiger charge is -2.14. The highest BCUT2D eigenvalue weighted by molar-refractivity contribution is 5.79. The number of hydrogen-bond donors (Lipinski definition) is 1. The van der Waals surface area contributed by atoms with E-state index in [9.17, 15) is 18.0 Å². The number of nitrogens with one attached hydrogen (secondary N) is 1. The molecule has 0 aromatic heterocycles. The molecular formula is C26H22F3NO3. The molecule has 4 rings (SSSR count). The lowest BCUT2D eigenvalue weighted by Crippen LogP contribution is -2.26. The Balaban J connectivity index is 1.27. The SMILES string of the molecule is O=C(NCCC=Cc1ccccc1OC(F)(F)F)OCC1c2ccccc2-c2ccccc21. The summed E-state index contributed by atoms with van der Waals surface area (Å²) in [6, 6.07) is 22.0. The fraction of sp³-hybridized carbons (Fsp3) is 0.192. The predicted octanol–water partition coefficient (Wildman–Crippen LogP) is 6.53. The Kier molecular flexibility index (Phi) is 6.68. The Morgan fingerprint density at radius 2 is 1.52 bits per heavy atom. The van der Waals surface area contributed by atoms with Gasteiger partial charge in [0.2, 0.25) is 0 Å². The van der Waals surface area contributed by atoms with E-state index >= 15 is 0 Å². The molecule has 0 fully saturated rings. The maximum atomic E-state index is 12.5. The minimum absolute atomic E-state index is 0.0202. The summed E-state index contributed by atoms with van der Waals surface area (Å²) < 4.78 is 47.0. The van der Waals surface area contributed by atoms with E-state index in [-0.39, 0.29) is 24.8 Å². The first-order valence-electron chi connectivity index (χ1n) is 10.5. The van der Waals surface area contributed by atoms with Gasteiger partial charge in [0.15, 0.2) is 0 Å². The smallest absolute Gasteiger partial charge is 0.449 e. The van der Waals surface area contributed by atoms with Crippen molar-refractivity contribution >= 4 is 12.2 Å². The van der Waals surface area contributed by atoms with Crippen molar-refractivity contribution in [2.45, 2.75) is 18.7 Å². The third-order valence-electron chi connectivity index (χ3n) is 5.37. The minimum Gasteiger partial charge on any atom is -0.449 e. The summed E-state index contributed by atoms with van der Waals surface area (Å²) in [6.45, 7) is 0.507. The molecule has 1 aliphatic carbocycles. The van der Waals surface area contributed by atoms with Crippen LogP contribution in [0, 0.1) is 0 Å². The van der Waals surface area contributed by atoms with E-state index in [0.29, 0.717) is 12.0 Å². The van der Waals surface area contributed by atoms with Gasteiger partial charge in [-0.15, -0.1) is 13.2 Å². The quantitative estimate of drug-likeness (QED) is 0.414. The van der Waals surface area contributed by atoms with Gasteiger partial charge in [0.25, 0.3) is 0 Å². The van der Waals surface area contributed by atoms with E-state index in [4.69, 9.17) is 4.74 Å². The van der Waals surface area contributed by atoms with Crippen LogP contribution in [0.15, 0.2) is 78.9 Å². The van der Waals surface area contributed by atoms with Gasteiger partial charge in [-0.2, -0.15) is 0 Å². The van der Waals surface area contributed by atoms with Crippen molar-refractivity contribution in [2.24, 2.45) is 0 Å². The zero-order valence-corrected chi connectivity index (χ0v) is 17.6. The topological polar surface area (TPSA) is 47.6 Å². The second kappa shape index (κ2) is 9.81. The van der Waals surface area contributed by atoms with Crippen LogP contribution in [-0.4, -0.2) is 25.6 Å². The highest BCUT2D eigenvalue weighted by atomic mass is 19.4. The molecule has 3 aromatic carbocycles. The lowest BCUT2D eigenvalue weighted by atomic mass is 9.98. The number of rotatable bonds is 7. The number of alkyl carbamates (subject to hydrolysis) is 1. The molecule has 0 saturated carbocycles. The minimum atomic E-state index is -4.75. The van der Waals surface area contributed by atoms with E-state index in [1.807, 2.05) is 36.4 Å². The van der Waals surface area contributed by atoms with Crippen molar-refractivity contribution in [2.75, 3.05) is 13.2 Å². The molecule has 0 aliphatic heterocycles. The summed E-state index contributed by atoms with van der Waals surface area (Å²) in [5.74, 6) is -0.293. The summed E-state index contributed by atoms with van der Waals surface area (Å²) in [5, 5.41) is 2.67. The monoisotopic (exact) mass is 453 g/mol. The van der Waals surface area contributed by atoms with Gasteiger partial charge in [0.05, 0.1) is 0 Å². The average molecular weight is 453 g/mol. The van der Waals surface area contributed by atoms with Gasteiger partial charge < -0.3 is 14.8 Å². The van der Waals surface area contributed by atoms with Gasteiger partial charge in [-0.05, 0) is 34.7 Å². The number of benzene rings is 3. The molecule has 0 saturated heterocycles. The normalized spacial score (nSPS) is 12.9. The number of halogens is 3. The fourth-order valence-electron chi connectivity index (χ4n) is 3.95. The molecule has 170 valence electrons. The van der Waals surface area contributed by atoms with Gasteiger partial charge in [-0.3, -0.25) is 0 Å². The van der Waals surface area contributed by atoms with Gasteiger partial charge in [0.1, 0.15) is 12.4 Å². The molecule has 0 spiro atoms. The Bertz CT molecular complexity index is 1110. The summed E-state index contributed by atoms with van der Waals surface area (Å²) in [7, 11) is 0. The Morgan fingerprint density at radius 3 is 2.18 bits per heavy atom. The van der Waals surface area contributed by atoms with E-state index in [1.165, 1.54) is 24.3 Å². The second-order valence-corrected chi connectivity index (χ2v) is 7.53. The Hall–Kier alpha value is -3.74. The molecule has 1 amide bonds. The van der Waals surface area contributed by atoms with Crippen molar-refractivity contribution in [1.82, 2.24) is 5.32 Å². The number of alkyl halides is 3. The fourth-order valence-corrected chi connectivity index (χ4v) is 3.95. The van der Waals surface area contributed by atoms with Crippen LogP contribution < -0.4 is 10.1 Å². The second-order valence-electron chi connectivity index (χ2n) is 7.53. The molecule has 0 bridgehead atoms. The van der Waals surface area contributed by atoms with Crippen LogP contribution in [0.25, 0.3) is 17.2 Å². The van der Waals surface area contributed by atoms with E-state index in [1.54, 1.807) is 12.1 Å². The molecule has 33 heavy (non-hydrogen) atoms. The largest absolute Gasteiger partial charge is 0.573 e. The molecule has 3 aromatic rings. The number of hydrogen-bond acceptors (Lipinski definition) is 3. The van der Waals surface area contributed by atoms with Crippen molar-refractivity contribution in [3.05, 3.63) is 95.6 Å². The molecule has 1 N–H and O–H groups in total. The van der Waals surface area contributed by atoms with E-state index in [0.717, 1.165) is 22.3 Å². The third-order valence-corrected chi connectivity index (χ3v) is 5.37. The maximum Gasteiger partial charge on any atom is 0.573 e. The van der Waals surface area contributed by atoms with Crippen LogP contribution in [0.2, 0.25) is 0 Å². The molecular weight excluding hydrogens is 431 g/mol. The molecule has 0 unspecified atom stereocenters. The zero-order valence-electron chi connectivity index (χ0n) is 17.6. The Labute approximate surface area is 189 Å². The van der Waals surface area contributed by atoms with E-state index in [2.05, 4.69) is 22.2 Å². The molecule has 0 heterocycles. The third kappa shape index (κ3) is 5.55. The van der Waals surface area contributed by atoms with Crippen LogP contribution in [-0.2, 0) is 4.74 Å². The highest BCUT2D eigenvalue weighted by Gasteiger charge is 2.32. The molecule has 0 atom stereocenters. The number of fused-ring (bicyclic) bond motifs is 3. The first kappa shape index (κ1) is 22.5. The Morgan fingerprint density at radius 1 is 0.909 bits per heavy atom. The van der Waals surface area contributed by atoms with Crippen molar-refractivity contribution < 1.29 is 27.4 Å². The number of ether oxygens (including phenoxy) is 2. The molecule has 4 nitrogen and oxygen atoms in total. The van der Waals surface area contributed by atoms with Gasteiger partial charge in [-0.25, -0.2) is 4.79 Å². The van der Waals surface area contributed by atoms with Gasteiger partial charge >= 0.3 is 12.5 Å². The number of amides is 1. The molecule has 0 radical (unpaired) electrons. The number of carbonyl (C=O) groups excluding carboxylic acids is 1. The van der Waals surface area contributed by atoms with Crippen molar-refractivity contribution in [1.29, 1.82) is 0 Å². The van der Waals surface area contributed by atoms with Gasteiger partial charge in [0, 0.05) is 18.0 Å². The molecule has 1 aliphatic rings. The number of para-hydroxylation sites is 1. The predicted molar refractivity (Wildman–Crippen MR) is 120 cm³/mol. The number of carbonyl (C=O) groups is 1. The van der Waals surface area contributed by atoms with Crippen LogP contribution in [0.3, 0.4) is 0 Å². The standard InChI is InChI=1S/C26H22F3NO3/c27-26(28,29)33-24-15-6-1-9-18(24)10-7-8-16-30-25(31)32-17-23-21-13-4-2-11-19(21)20-12-3-5-14-22(20)23/h1-7,9-15,23H,8,16-17H2,(H,30,31). The van der Waals surface area contributed by atoms with Crippen LogP contribution in [0.5, 0.6) is 5.75 Å². The van der Waals surface area contributed by atoms with Crippen LogP contribution >= 0.6 is 0 Å². The van der Waals surface area contributed by atoms with E-state index < -0.39 is 12.5 Å². The lowest BCUT2D eigenvalue weighted by molar-refractivity contribution is -0.274. The summed E-state index contributed by atoms with van der Waals surface area (Å²) in [6.07, 6.45) is -1.67. The summed E-state index contributed by atoms with van der Waals surface area (Å²) in [4.78, 5) is 12.2. The van der Waals surface area contributed by atoms with Crippen molar-refractivity contribution in [3.63, 3.8) is 0 Å². The van der Waals surface area contributed by atoms with Crippen LogP contribution in [0.1, 0.15) is 29.0 Å². The van der Waals surface area contributed by atoms with Gasteiger partial charge in [-0.1, -0.05) is 78.9 Å². The summed E-state index contributed by atoms with van der Waals surface area (Å²) in [5.41, 5.74) is 4.88. The first-order valence-corrected chi connectivity index (χ1v) is 10.5. The first-order chi connectivity index (χ1) is 15.9. The van der Waals surface area contributed by atoms with Crippen molar-refractivity contribution in [3.8, 4) is 16.9 Å². The average Bonchev–Trinajstić information content (AvgIpc) is 3.11. The maximum absolute atomic E-state index is 12.5. The van der Waals surface area contributed by atoms with Crippen LogP contribution in [0.4, 0.5) is 18.0 Å². The summed E-state index contributed by atoms with van der Waals surface area (Å²) >= 11 is 0.